The summed E-state index contributed by atoms with van der Waals surface area (Å²) in [6.45, 7) is 0.0635. The minimum absolute atomic E-state index is 0.195. The van der Waals surface area contributed by atoms with Crippen molar-refractivity contribution in [2.45, 2.75) is 24.2 Å². The summed E-state index contributed by atoms with van der Waals surface area (Å²) in [5.74, 6) is 0.00285. The molecule has 0 saturated carbocycles. The Morgan fingerprint density at radius 1 is 1.10 bits per heavy atom. The van der Waals surface area contributed by atoms with Gasteiger partial charge in [0.1, 0.15) is 17.1 Å². The quantitative estimate of drug-likeness (QED) is 0.414. The van der Waals surface area contributed by atoms with Gasteiger partial charge in [-0.25, -0.2) is 4.98 Å². The maximum absolute atomic E-state index is 13.7. The molecule has 0 aliphatic carbocycles. The third-order valence-electron chi connectivity index (χ3n) is 4.14. The summed E-state index contributed by atoms with van der Waals surface area (Å²) in [6.07, 6.45) is -8.39. The van der Waals surface area contributed by atoms with Crippen LogP contribution in [0.4, 0.5) is 26.3 Å². The fourth-order valence-electron chi connectivity index (χ4n) is 2.78. The van der Waals surface area contributed by atoms with Crippen LogP contribution in [0.3, 0.4) is 0 Å². The molecule has 0 unspecified atom stereocenters. The summed E-state index contributed by atoms with van der Waals surface area (Å²) in [5, 5.41) is 0. The second-order valence-corrected chi connectivity index (χ2v) is 8.03. The maximum atomic E-state index is 13.7. The molecule has 166 valence electrons. The minimum Gasteiger partial charge on any atom is -0.611 e. The van der Waals surface area contributed by atoms with E-state index in [2.05, 4.69) is 9.72 Å². The number of nitrogens with zero attached hydrogens (tertiary/aromatic N) is 2. The molecule has 0 spiro atoms. The Kier molecular flexibility index (Phi) is 6.23. The molecule has 5 nitrogen and oxygen atoms in total. The summed E-state index contributed by atoms with van der Waals surface area (Å²) in [6, 6.07) is 6.65. The number of rotatable bonds is 5. The van der Waals surface area contributed by atoms with E-state index >= 15 is 0 Å². The van der Waals surface area contributed by atoms with Gasteiger partial charge in [-0.2, -0.15) is 26.3 Å². The number of alkyl halides is 6. The molecule has 0 bridgehead atoms. The first-order chi connectivity index (χ1) is 14.4. The summed E-state index contributed by atoms with van der Waals surface area (Å²) in [4.78, 5) is 16.7. The number of hydrogen-bond acceptors (Lipinski definition) is 4. The second kappa shape index (κ2) is 8.42. The molecule has 31 heavy (non-hydrogen) atoms. The molecule has 1 atom stereocenters. The molecule has 0 N–H and O–H groups in total. The lowest BCUT2D eigenvalue weighted by Gasteiger charge is -2.15. The van der Waals surface area contributed by atoms with Crippen molar-refractivity contribution in [3.05, 3.63) is 58.6 Å². The lowest BCUT2D eigenvalue weighted by Crippen LogP contribution is -2.24. The van der Waals surface area contributed by atoms with E-state index in [0.29, 0.717) is 0 Å². The molecule has 3 rings (SSSR count). The molecule has 3 aromatic rings. The summed E-state index contributed by atoms with van der Waals surface area (Å²) < 4.78 is 95.2. The van der Waals surface area contributed by atoms with E-state index in [1.54, 1.807) is 6.92 Å². The van der Waals surface area contributed by atoms with E-state index in [9.17, 15) is 35.7 Å². The van der Waals surface area contributed by atoms with Crippen LogP contribution in [-0.2, 0) is 17.4 Å². The van der Waals surface area contributed by atoms with Crippen molar-refractivity contribution in [2.75, 3.05) is 12.4 Å². The molecule has 0 saturated heterocycles. The van der Waals surface area contributed by atoms with Crippen LogP contribution in [0.25, 0.3) is 16.8 Å². The molecule has 12 heteroatoms. The molecule has 0 aliphatic rings. The highest BCUT2D eigenvalue weighted by molar-refractivity contribution is 7.91. The molecule has 0 aliphatic heterocycles. The van der Waals surface area contributed by atoms with Crippen molar-refractivity contribution in [2.24, 2.45) is 0 Å². The first-order valence-electron chi connectivity index (χ1n) is 8.72. The molecular weight excluding hydrogens is 450 g/mol. The van der Waals surface area contributed by atoms with Gasteiger partial charge in [-0.15, -0.1) is 0 Å². The summed E-state index contributed by atoms with van der Waals surface area (Å²) in [5.41, 5.74) is -3.78. The highest BCUT2D eigenvalue weighted by Crippen LogP contribution is 2.35. The van der Waals surface area contributed by atoms with Gasteiger partial charge in [0, 0.05) is 18.3 Å². The predicted molar refractivity (Wildman–Crippen MR) is 100 cm³/mol. The number of halogens is 6. The third kappa shape index (κ3) is 5.13. The molecule has 1 aromatic carbocycles. The van der Waals surface area contributed by atoms with Crippen molar-refractivity contribution in [3.63, 3.8) is 0 Å². The first-order valence-corrected chi connectivity index (χ1v) is 10.0. The SMILES string of the molecule is CC[S@+]([O-])c1ccn2c(=O)c(-c3ccc(OCC(F)(F)F)cc3)c(C(F)(F)F)nc2c1. The largest absolute Gasteiger partial charge is 0.611 e. The Balaban J connectivity index is 2.13. The average molecular weight is 464 g/mol. The molecule has 2 aromatic heterocycles. The fourth-order valence-corrected chi connectivity index (χ4v) is 3.56. The van der Waals surface area contributed by atoms with Gasteiger partial charge in [0.15, 0.2) is 17.2 Å². The van der Waals surface area contributed by atoms with Crippen molar-refractivity contribution in [1.29, 1.82) is 0 Å². The van der Waals surface area contributed by atoms with Crippen molar-refractivity contribution < 1.29 is 35.6 Å². The third-order valence-corrected chi connectivity index (χ3v) is 5.45. The van der Waals surface area contributed by atoms with E-state index in [1.807, 2.05) is 0 Å². The van der Waals surface area contributed by atoms with Gasteiger partial charge in [0.25, 0.3) is 5.56 Å². The van der Waals surface area contributed by atoms with Gasteiger partial charge >= 0.3 is 12.4 Å². The average Bonchev–Trinajstić information content (AvgIpc) is 2.70. The molecule has 0 radical (unpaired) electrons. The van der Waals surface area contributed by atoms with Gasteiger partial charge in [-0.1, -0.05) is 12.1 Å². The first kappa shape index (κ1) is 22.9. The van der Waals surface area contributed by atoms with Crippen LogP contribution in [0, 0.1) is 0 Å². The molecular formula is C19H14F6N2O3S. The number of fused-ring (bicyclic) bond motifs is 1. The molecule has 0 amide bonds. The summed E-state index contributed by atoms with van der Waals surface area (Å²) >= 11 is -1.46. The Bertz CT molecular complexity index is 1140. The number of pyridine rings is 1. The lowest BCUT2D eigenvalue weighted by molar-refractivity contribution is -0.153. The maximum Gasteiger partial charge on any atom is 0.434 e. The Labute approximate surface area is 174 Å². The van der Waals surface area contributed by atoms with Crippen molar-refractivity contribution >= 4 is 16.8 Å². The smallest absolute Gasteiger partial charge is 0.434 e. The normalized spacial score (nSPS) is 13.4. The van der Waals surface area contributed by atoms with Gasteiger partial charge in [0.2, 0.25) is 0 Å². The molecule has 2 heterocycles. The minimum atomic E-state index is -4.99. The van der Waals surface area contributed by atoms with Crippen LogP contribution in [-0.4, -0.2) is 32.5 Å². The molecule has 0 fully saturated rings. The lowest BCUT2D eigenvalue weighted by atomic mass is 10.0. The monoisotopic (exact) mass is 464 g/mol. The van der Waals surface area contributed by atoms with Crippen molar-refractivity contribution in [3.8, 4) is 16.9 Å². The topological polar surface area (TPSA) is 66.7 Å². The van der Waals surface area contributed by atoms with E-state index in [0.717, 1.165) is 34.7 Å². The van der Waals surface area contributed by atoms with E-state index in [1.165, 1.54) is 12.3 Å². The second-order valence-electron chi connectivity index (χ2n) is 6.29. The Morgan fingerprint density at radius 2 is 1.74 bits per heavy atom. The fraction of sp³-hybridized carbons (Fsp3) is 0.263. The van der Waals surface area contributed by atoms with Crippen LogP contribution in [0.15, 0.2) is 52.3 Å². The van der Waals surface area contributed by atoms with E-state index in [-0.39, 0.29) is 27.6 Å². The summed E-state index contributed by atoms with van der Waals surface area (Å²) in [7, 11) is 0. The van der Waals surface area contributed by atoms with Gasteiger partial charge in [0.05, 0.1) is 5.56 Å². The van der Waals surface area contributed by atoms with Crippen LogP contribution >= 0.6 is 0 Å². The van der Waals surface area contributed by atoms with Gasteiger partial charge < -0.3 is 9.29 Å². The number of aromatic nitrogens is 2. The van der Waals surface area contributed by atoms with Gasteiger partial charge in [-0.3, -0.25) is 9.20 Å². The van der Waals surface area contributed by atoms with Crippen molar-refractivity contribution in [1.82, 2.24) is 9.38 Å². The zero-order valence-corrected chi connectivity index (χ0v) is 16.6. The van der Waals surface area contributed by atoms with Crippen LogP contribution < -0.4 is 10.3 Å². The zero-order chi connectivity index (χ0) is 23.0. The van der Waals surface area contributed by atoms with E-state index in [4.69, 9.17) is 0 Å². The van der Waals surface area contributed by atoms with E-state index < -0.39 is 47.0 Å². The highest BCUT2D eigenvalue weighted by atomic mass is 32.2. The van der Waals surface area contributed by atoms with Crippen LogP contribution in [0.2, 0.25) is 0 Å². The zero-order valence-electron chi connectivity index (χ0n) is 15.8. The number of ether oxygens (including phenoxy) is 1. The van der Waals surface area contributed by atoms with Crippen LogP contribution in [0.1, 0.15) is 12.6 Å². The van der Waals surface area contributed by atoms with Crippen LogP contribution in [0.5, 0.6) is 5.75 Å². The number of benzene rings is 1. The number of hydrogen-bond donors (Lipinski definition) is 0. The Hall–Kier alpha value is -2.73. The van der Waals surface area contributed by atoms with Gasteiger partial charge in [-0.05, 0) is 35.8 Å². The highest BCUT2D eigenvalue weighted by Gasteiger charge is 2.38. The predicted octanol–water partition coefficient (Wildman–Crippen LogP) is 4.45. The Morgan fingerprint density at radius 3 is 2.29 bits per heavy atom. The standard InChI is InChI=1S/C19H14F6N2O3S/c1-2-31(29)13-7-8-27-14(9-13)26-16(19(23,24)25)15(17(27)28)11-3-5-12(6-4-11)30-10-18(20,21)22/h3-9H,2,10H2,1H3/t31-/m0/s1.